The molecule has 27 heavy (non-hydrogen) atoms. The number of esters is 1. The zero-order valence-electron chi connectivity index (χ0n) is 14.3. The summed E-state index contributed by atoms with van der Waals surface area (Å²) in [5.74, 6) is -0.339. The van der Waals surface area contributed by atoms with E-state index < -0.39 is 11.9 Å². The lowest BCUT2D eigenvalue weighted by Gasteiger charge is -2.07. The van der Waals surface area contributed by atoms with Crippen molar-refractivity contribution in [2.75, 3.05) is 19.2 Å². The maximum atomic E-state index is 11.8. The average molecular weight is 390 g/mol. The first-order chi connectivity index (χ1) is 13.0. The van der Waals surface area contributed by atoms with Gasteiger partial charge in [0.2, 0.25) is 12.7 Å². The summed E-state index contributed by atoms with van der Waals surface area (Å²) in [6.07, 6.45) is 2.47. The first-order valence-corrected chi connectivity index (χ1v) is 8.39. The SMILES string of the molecule is COC(=O)/C=C1/S/C(=N\N=Cc2cc3c(cc2NC(C)=O)OCO3)NC1=O. The lowest BCUT2D eigenvalue weighted by Crippen LogP contribution is -2.19. The Bertz CT molecular complexity index is 908. The maximum Gasteiger partial charge on any atom is 0.331 e. The molecule has 1 aromatic carbocycles. The molecule has 2 aliphatic heterocycles. The Morgan fingerprint density at radius 2 is 2.07 bits per heavy atom. The molecule has 0 spiro atoms. The average Bonchev–Trinajstić information content (AvgIpc) is 3.20. The Labute approximate surface area is 157 Å². The van der Waals surface area contributed by atoms with Crippen molar-refractivity contribution in [3.05, 3.63) is 28.7 Å². The molecule has 140 valence electrons. The van der Waals surface area contributed by atoms with Crippen molar-refractivity contribution in [1.29, 1.82) is 0 Å². The second-order valence-corrected chi connectivity index (χ2v) is 6.24. The molecule has 1 fully saturated rings. The van der Waals surface area contributed by atoms with Gasteiger partial charge < -0.3 is 19.5 Å². The minimum absolute atomic E-state index is 0.0930. The molecule has 0 bridgehead atoms. The van der Waals surface area contributed by atoms with Gasteiger partial charge in [0.15, 0.2) is 16.7 Å². The number of hydrogen-bond donors (Lipinski definition) is 2. The number of amidine groups is 1. The molecule has 0 radical (unpaired) electrons. The monoisotopic (exact) mass is 390 g/mol. The highest BCUT2D eigenvalue weighted by atomic mass is 32.2. The number of amides is 2. The van der Waals surface area contributed by atoms with Gasteiger partial charge in [-0.25, -0.2) is 4.79 Å². The standard InChI is InChI=1S/C16H14N4O6S/c1-8(21)18-10-4-12-11(25-7-26-12)3-9(10)6-17-20-16-19-15(23)13(27-16)5-14(22)24-2/h3-6H,7H2,1-2H3,(H,18,21)(H,19,20,23)/b13-5+,17-6?. The van der Waals surface area contributed by atoms with Crippen molar-refractivity contribution < 1.29 is 28.6 Å². The minimum Gasteiger partial charge on any atom is -0.466 e. The fraction of sp³-hybridized carbons (Fsp3) is 0.188. The Balaban J connectivity index is 1.79. The first kappa shape index (κ1) is 18.5. The number of carbonyl (C=O) groups is 3. The first-order valence-electron chi connectivity index (χ1n) is 7.57. The summed E-state index contributed by atoms with van der Waals surface area (Å²) in [7, 11) is 1.22. The van der Waals surface area contributed by atoms with Gasteiger partial charge in [-0.1, -0.05) is 0 Å². The van der Waals surface area contributed by atoms with Gasteiger partial charge in [0.25, 0.3) is 5.91 Å². The van der Waals surface area contributed by atoms with Crippen LogP contribution in [0.4, 0.5) is 5.69 Å². The number of hydrogen-bond acceptors (Lipinski definition) is 9. The number of benzene rings is 1. The topological polar surface area (TPSA) is 128 Å². The fourth-order valence-electron chi connectivity index (χ4n) is 2.15. The lowest BCUT2D eigenvalue weighted by molar-refractivity contribution is -0.135. The van der Waals surface area contributed by atoms with Crippen molar-refractivity contribution in [2.24, 2.45) is 10.2 Å². The van der Waals surface area contributed by atoms with Gasteiger partial charge in [0.1, 0.15) is 0 Å². The smallest absolute Gasteiger partial charge is 0.331 e. The van der Waals surface area contributed by atoms with Crippen LogP contribution in [0.15, 0.2) is 33.3 Å². The summed E-state index contributed by atoms with van der Waals surface area (Å²) in [5.41, 5.74) is 1.02. The van der Waals surface area contributed by atoms with E-state index in [-0.39, 0.29) is 22.8 Å². The van der Waals surface area contributed by atoms with Crippen LogP contribution in [0.3, 0.4) is 0 Å². The molecule has 10 nitrogen and oxygen atoms in total. The number of nitrogens with zero attached hydrogens (tertiary/aromatic N) is 2. The zero-order valence-corrected chi connectivity index (χ0v) is 15.1. The highest BCUT2D eigenvalue weighted by Crippen LogP contribution is 2.36. The molecule has 2 aliphatic rings. The van der Waals surface area contributed by atoms with Crippen molar-refractivity contribution >= 4 is 46.6 Å². The Hall–Kier alpha value is -3.34. The Morgan fingerprint density at radius 1 is 1.33 bits per heavy atom. The number of nitrogens with one attached hydrogen (secondary N) is 2. The third kappa shape index (κ3) is 4.44. The predicted molar refractivity (Wildman–Crippen MR) is 97.7 cm³/mol. The second-order valence-electron chi connectivity index (χ2n) is 5.21. The van der Waals surface area contributed by atoms with Gasteiger partial charge in [-0.15, -0.1) is 5.10 Å². The fourth-order valence-corrected chi connectivity index (χ4v) is 2.89. The van der Waals surface area contributed by atoms with E-state index in [1.807, 2.05) is 0 Å². The van der Waals surface area contributed by atoms with Gasteiger partial charge in [0.05, 0.1) is 23.9 Å². The van der Waals surface area contributed by atoms with Gasteiger partial charge >= 0.3 is 5.97 Å². The number of ether oxygens (including phenoxy) is 3. The normalized spacial score (nSPS) is 18.2. The number of methoxy groups -OCH3 is 1. The van der Waals surface area contributed by atoms with Crippen molar-refractivity contribution in [2.45, 2.75) is 6.92 Å². The summed E-state index contributed by atoms with van der Waals surface area (Å²) in [4.78, 5) is 34.5. The summed E-state index contributed by atoms with van der Waals surface area (Å²) >= 11 is 0.954. The van der Waals surface area contributed by atoms with Crippen LogP contribution in [0.1, 0.15) is 12.5 Å². The minimum atomic E-state index is -0.641. The molecular weight excluding hydrogens is 376 g/mol. The molecule has 3 rings (SSSR count). The van der Waals surface area contributed by atoms with Crippen LogP contribution in [-0.4, -0.2) is 43.1 Å². The molecule has 0 aromatic heterocycles. The van der Waals surface area contributed by atoms with E-state index in [2.05, 4.69) is 25.6 Å². The van der Waals surface area contributed by atoms with Crippen LogP contribution in [0.25, 0.3) is 0 Å². The van der Waals surface area contributed by atoms with Gasteiger partial charge in [-0.05, 0) is 17.8 Å². The lowest BCUT2D eigenvalue weighted by atomic mass is 10.1. The molecule has 0 unspecified atom stereocenters. The number of rotatable bonds is 4. The van der Waals surface area contributed by atoms with E-state index in [4.69, 9.17) is 9.47 Å². The molecule has 0 atom stereocenters. The van der Waals surface area contributed by atoms with Gasteiger partial charge in [-0.2, -0.15) is 5.10 Å². The summed E-state index contributed by atoms with van der Waals surface area (Å²) in [5, 5.41) is 13.2. The van der Waals surface area contributed by atoms with Crippen molar-refractivity contribution in [3.63, 3.8) is 0 Å². The summed E-state index contributed by atoms with van der Waals surface area (Å²) < 4.78 is 15.1. The summed E-state index contributed by atoms with van der Waals surface area (Å²) in [6, 6.07) is 3.28. The highest BCUT2D eigenvalue weighted by molar-refractivity contribution is 8.18. The van der Waals surface area contributed by atoms with Crippen LogP contribution >= 0.6 is 11.8 Å². The van der Waals surface area contributed by atoms with Crippen LogP contribution in [0.5, 0.6) is 11.5 Å². The molecule has 2 heterocycles. The molecule has 1 aromatic rings. The quantitative estimate of drug-likeness (QED) is 0.339. The number of carbonyl (C=O) groups excluding carboxylic acids is 3. The summed E-state index contributed by atoms with van der Waals surface area (Å²) in [6.45, 7) is 1.47. The van der Waals surface area contributed by atoms with Crippen LogP contribution in [-0.2, 0) is 19.1 Å². The number of thioether (sulfide) groups is 1. The van der Waals surface area contributed by atoms with Gasteiger partial charge in [0, 0.05) is 24.6 Å². The molecule has 0 aliphatic carbocycles. The van der Waals surface area contributed by atoms with E-state index in [1.165, 1.54) is 20.2 Å². The van der Waals surface area contributed by atoms with Crippen LogP contribution < -0.4 is 20.1 Å². The third-order valence-electron chi connectivity index (χ3n) is 3.30. The molecule has 11 heteroatoms. The van der Waals surface area contributed by atoms with E-state index in [0.717, 1.165) is 17.8 Å². The maximum absolute atomic E-state index is 11.8. The van der Waals surface area contributed by atoms with Crippen LogP contribution in [0, 0.1) is 0 Å². The van der Waals surface area contributed by atoms with E-state index >= 15 is 0 Å². The molecule has 2 amide bonds. The van der Waals surface area contributed by atoms with Crippen molar-refractivity contribution in [3.8, 4) is 11.5 Å². The number of fused-ring (bicyclic) bond motifs is 1. The van der Waals surface area contributed by atoms with Crippen LogP contribution in [0.2, 0.25) is 0 Å². The molecule has 1 saturated heterocycles. The largest absolute Gasteiger partial charge is 0.466 e. The van der Waals surface area contributed by atoms with E-state index in [1.54, 1.807) is 12.1 Å². The molecular formula is C16H14N4O6S. The Morgan fingerprint density at radius 3 is 2.78 bits per heavy atom. The molecule has 0 saturated carbocycles. The van der Waals surface area contributed by atoms with E-state index in [9.17, 15) is 14.4 Å². The van der Waals surface area contributed by atoms with E-state index in [0.29, 0.717) is 22.7 Å². The van der Waals surface area contributed by atoms with Crippen molar-refractivity contribution in [1.82, 2.24) is 5.32 Å². The molecule has 2 N–H and O–H groups in total. The second kappa shape index (κ2) is 7.91. The predicted octanol–water partition coefficient (Wildman–Crippen LogP) is 0.983. The Kier molecular flexibility index (Phi) is 5.41. The highest BCUT2D eigenvalue weighted by Gasteiger charge is 2.25. The zero-order chi connectivity index (χ0) is 19.4. The third-order valence-corrected chi connectivity index (χ3v) is 4.20. The van der Waals surface area contributed by atoms with Gasteiger partial charge in [-0.3, -0.25) is 14.9 Å². The number of anilines is 1.